The molecule has 98 valence electrons. The molecule has 0 spiro atoms. The molecule has 4 heteroatoms. The van der Waals surface area contributed by atoms with Crippen LogP contribution in [0.5, 0.6) is 0 Å². The van der Waals surface area contributed by atoms with Crippen LogP contribution < -0.4 is 11.5 Å². The van der Waals surface area contributed by atoms with Crippen LogP contribution in [0.1, 0.15) is 59.2 Å². The monoisotopic (exact) mass is 248 g/mol. The van der Waals surface area contributed by atoms with Gasteiger partial charge in [0, 0.05) is 11.1 Å². The lowest BCUT2D eigenvalue weighted by Gasteiger charge is -2.05. The zero-order valence-electron chi connectivity index (χ0n) is 10.5. The molecule has 18 heavy (non-hydrogen) atoms. The van der Waals surface area contributed by atoms with Crippen LogP contribution in [0.15, 0.2) is 24.3 Å². The van der Waals surface area contributed by atoms with E-state index in [0.717, 1.165) is 0 Å². The van der Waals surface area contributed by atoms with Gasteiger partial charge in [-0.15, -0.1) is 0 Å². The largest absolute Gasteiger partial charge is 0.366 e. The lowest BCUT2D eigenvalue weighted by molar-refractivity contribution is 0.0988. The quantitative estimate of drug-likeness (QED) is 0.840. The predicted octanol–water partition coefficient (Wildman–Crippen LogP) is 2.23. The predicted molar refractivity (Wildman–Crippen MR) is 71.2 cm³/mol. The van der Waals surface area contributed by atoms with Crippen molar-refractivity contribution in [3.63, 3.8) is 0 Å². The van der Waals surface area contributed by atoms with Gasteiger partial charge in [-0.05, 0) is 24.3 Å². The van der Waals surface area contributed by atoms with Gasteiger partial charge in [-0.1, -0.05) is 38.5 Å². The van der Waals surface area contributed by atoms with Gasteiger partial charge in [0.15, 0.2) is 0 Å². The van der Waals surface area contributed by atoms with Crippen molar-refractivity contribution >= 4 is 11.8 Å². The molecule has 0 unspecified atom stereocenters. The fraction of sp³-hybridized carbons (Fsp3) is 0.429. The molecule has 2 rings (SSSR count). The van der Waals surface area contributed by atoms with Crippen LogP contribution in [-0.4, -0.2) is 11.8 Å². The SMILES string of the molecule is C1CCCCC1.NC(=O)c1ccc(C(N)=O)cc1. The molecule has 0 atom stereocenters. The topological polar surface area (TPSA) is 86.2 Å². The van der Waals surface area contributed by atoms with Gasteiger partial charge >= 0.3 is 0 Å². The molecular weight excluding hydrogens is 228 g/mol. The second-order valence-corrected chi connectivity index (χ2v) is 4.43. The number of hydrogen-bond donors (Lipinski definition) is 2. The van der Waals surface area contributed by atoms with Crippen LogP contribution in [0.25, 0.3) is 0 Å². The summed E-state index contributed by atoms with van der Waals surface area (Å²) < 4.78 is 0. The Bertz CT molecular complexity index is 350. The van der Waals surface area contributed by atoms with Crippen LogP contribution in [0, 0.1) is 0 Å². The van der Waals surface area contributed by atoms with Crippen LogP contribution in [0.2, 0.25) is 0 Å². The molecular formula is C14H20N2O2. The molecule has 0 bridgehead atoms. The molecule has 1 aromatic rings. The molecule has 1 aromatic carbocycles. The van der Waals surface area contributed by atoms with Crippen LogP contribution in [-0.2, 0) is 0 Å². The summed E-state index contributed by atoms with van der Waals surface area (Å²) in [5.41, 5.74) is 10.7. The van der Waals surface area contributed by atoms with E-state index in [-0.39, 0.29) is 0 Å². The van der Waals surface area contributed by atoms with Gasteiger partial charge in [-0.3, -0.25) is 9.59 Å². The molecule has 0 radical (unpaired) electrons. The molecule has 0 aromatic heterocycles. The van der Waals surface area contributed by atoms with E-state index < -0.39 is 11.8 Å². The molecule has 4 N–H and O–H groups in total. The highest BCUT2D eigenvalue weighted by molar-refractivity contribution is 5.96. The highest BCUT2D eigenvalue weighted by Gasteiger charge is 2.02. The van der Waals surface area contributed by atoms with Crippen molar-refractivity contribution in [2.45, 2.75) is 38.5 Å². The third kappa shape index (κ3) is 4.99. The van der Waals surface area contributed by atoms with Gasteiger partial charge < -0.3 is 11.5 Å². The van der Waals surface area contributed by atoms with E-state index in [1.807, 2.05) is 0 Å². The zero-order valence-corrected chi connectivity index (χ0v) is 10.5. The smallest absolute Gasteiger partial charge is 0.248 e. The Morgan fingerprint density at radius 3 is 1.06 bits per heavy atom. The minimum Gasteiger partial charge on any atom is -0.366 e. The third-order valence-electron chi connectivity index (χ3n) is 2.95. The number of rotatable bonds is 2. The Balaban J connectivity index is 0.000000225. The fourth-order valence-corrected chi connectivity index (χ4v) is 1.86. The maximum Gasteiger partial charge on any atom is 0.248 e. The van der Waals surface area contributed by atoms with Crippen molar-refractivity contribution in [3.05, 3.63) is 35.4 Å². The van der Waals surface area contributed by atoms with Crippen LogP contribution in [0.3, 0.4) is 0 Å². The second-order valence-electron chi connectivity index (χ2n) is 4.43. The van der Waals surface area contributed by atoms with Crippen molar-refractivity contribution in [1.82, 2.24) is 0 Å². The van der Waals surface area contributed by atoms with Crippen LogP contribution >= 0.6 is 0 Å². The van der Waals surface area contributed by atoms with Gasteiger partial charge in [0.05, 0.1) is 0 Å². The highest BCUT2D eigenvalue weighted by Crippen LogP contribution is 2.15. The van der Waals surface area contributed by atoms with E-state index in [0.29, 0.717) is 11.1 Å². The normalized spacial score (nSPS) is 14.2. The molecule has 2 amide bonds. The number of carbonyl (C=O) groups is 2. The first kappa shape index (κ1) is 14.2. The Kier molecular flexibility index (Phi) is 5.91. The molecule has 1 aliphatic carbocycles. The average Bonchev–Trinajstić information content (AvgIpc) is 2.41. The van der Waals surface area contributed by atoms with Crippen molar-refractivity contribution in [2.75, 3.05) is 0 Å². The first-order valence-electron chi connectivity index (χ1n) is 6.31. The van der Waals surface area contributed by atoms with E-state index in [9.17, 15) is 9.59 Å². The highest BCUT2D eigenvalue weighted by atomic mass is 16.1. The van der Waals surface area contributed by atoms with E-state index >= 15 is 0 Å². The summed E-state index contributed by atoms with van der Waals surface area (Å²) in [4.78, 5) is 21.2. The standard InChI is InChI=1S/C8H8N2O2.C6H12/c9-7(11)5-1-2-6(4-3-5)8(10)12;1-2-4-6-5-3-1/h1-4H,(H2,9,11)(H2,10,12);1-6H2. The number of carbonyl (C=O) groups excluding carboxylic acids is 2. The fourth-order valence-electron chi connectivity index (χ4n) is 1.86. The Hall–Kier alpha value is -1.84. The van der Waals surface area contributed by atoms with E-state index in [1.54, 1.807) is 0 Å². The minimum atomic E-state index is -0.522. The number of amides is 2. The molecule has 4 nitrogen and oxygen atoms in total. The van der Waals surface area contributed by atoms with Gasteiger partial charge in [0.1, 0.15) is 0 Å². The Labute approximate surface area is 107 Å². The van der Waals surface area contributed by atoms with Gasteiger partial charge in [-0.25, -0.2) is 0 Å². The molecule has 0 aliphatic heterocycles. The number of nitrogens with two attached hydrogens (primary N) is 2. The molecule has 0 heterocycles. The van der Waals surface area contributed by atoms with Crippen molar-refractivity contribution in [2.24, 2.45) is 11.5 Å². The summed E-state index contributed by atoms with van der Waals surface area (Å²) >= 11 is 0. The van der Waals surface area contributed by atoms with Gasteiger partial charge in [-0.2, -0.15) is 0 Å². The van der Waals surface area contributed by atoms with Crippen molar-refractivity contribution < 1.29 is 9.59 Å². The number of hydrogen-bond acceptors (Lipinski definition) is 2. The van der Waals surface area contributed by atoms with E-state index in [1.165, 1.54) is 62.8 Å². The summed E-state index contributed by atoms with van der Waals surface area (Å²) in [6, 6.07) is 5.84. The van der Waals surface area contributed by atoms with Gasteiger partial charge in [0.2, 0.25) is 11.8 Å². The third-order valence-corrected chi connectivity index (χ3v) is 2.95. The molecule has 1 aliphatic rings. The lowest BCUT2D eigenvalue weighted by Crippen LogP contribution is -2.13. The molecule has 0 saturated heterocycles. The maximum atomic E-state index is 10.6. The lowest BCUT2D eigenvalue weighted by atomic mass is 10.0. The summed E-state index contributed by atoms with van der Waals surface area (Å²) in [5.74, 6) is -1.04. The maximum absolute atomic E-state index is 10.6. The van der Waals surface area contributed by atoms with Crippen molar-refractivity contribution in [1.29, 1.82) is 0 Å². The molecule has 1 fully saturated rings. The molecule has 1 saturated carbocycles. The van der Waals surface area contributed by atoms with Crippen molar-refractivity contribution in [3.8, 4) is 0 Å². The summed E-state index contributed by atoms with van der Waals surface area (Å²) in [6.45, 7) is 0. The zero-order chi connectivity index (χ0) is 13.4. The first-order chi connectivity index (χ1) is 8.61. The van der Waals surface area contributed by atoms with Crippen LogP contribution in [0.4, 0.5) is 0 Å². The average molecular weight is 248 g/mol. The number of benzene rings is 1. The second kappa shape index (κ2) is 7.48. The summed E-state index contributed by atoms with van der Waals surface area (Å²) in [5, 5.41) is 0. The summed E-state index contributed by atoms with van der Waals surface area (Å²) in [6.07, 6.45) is 9.00. The Morgan fingerprint density at radius 1 is 0.667 bits per heavy atom. The first-order valence-corrected chi connectivity index (χ1v) is 6.31. The number of primary amides is 2. The summed E-state index contributed by atoms with van der Waals surface area (Å²) in [7, 11) is 0. The van der Waals surface area contributed by atoms with Gasteiger partial charge in [0.25, 0.3) is 0 Å². The minimum absolute atomic E-state index is 0.361. The van der Waals surface area contributed by atoms with E-state index in [2.05, 4.69) is 0 Å². The Morgan fingerprint density at radius 2 is 0.889 bits per heavy atom. The van der Waals surface area contributed by atoms with E-state index in [4.69, 9.17) is 11.5 Å².